The molecular weight excluding hydrogens is 833 g/mol. The molecule has 4 aromatic rings. The molecule has 0 aromatic heterocycles. The summed E-state index contributed by atoms with van der Waals surface area (Å²) in [6.45, 7) is 0. The van der Waals surface area contributed by atoms with Gasteiger partial charge in [-0.05, 0) is 36.8 Å². The summed E-state index contributed by atoms with van der Waals surface area (Å²) in [5.41, 5.74) is 4.88. The normalized spacial score (nSPS) is 12.2. The Kier molecular flexibility index (Phi) is 28.1. The smallest absolute Gasteiger partial charge is 0.303 e. The molecule has 0 amide bonds. The number of carboxylic acids is 2. The Morgan fingerprint density at radius 2 is 0.552 bits per heavy atom. The third-order valence-electron chi connectivity index (χ3n) is 13.2. The summed E-state index contributed by atoms with van der Waals surface area (Å²) in [5, 5.41) is 17.6. The van der Waals surface area contributed by atoms with Crippen LogP contribution in [0.25, 0.3) is 0 Å². The number of ether oxygens (including phenoxy) is 1. The van der Waals surface area contributed by atoms with Gasteiger partial charge in [-0.25, -0.2) is 0 Å². The zero-order valence-electron chi connectivity index (χ0n) is 40.7. The van der Waals surface area contributed by atoms with Crippen molar-refractivity contribution < 1.29 is 34.1 Å². The molecule has 364 valence electrons. The molecular formula is C60H82O7. The minimum Gasteiger partial charge on any atom is -0.481 e. The highest BCUT2D eigenvalue weighted by molar-refractivity contribution is 6.09. The van der Waals surface area contributed by atoms with E-state index < -0.39 is 11.9 Å². The molecule has 0 radical (unpaired) electrons. The van der Waals surface area contributed by atoms with Gasteiger partial charge in [0.2, 0.25) is 0 Å². The molecule has 4 rings (SSSR count). The van der Waals surface area contributed by atoms with Crippen molar-refractivity contribution in [3.63, 3.8) is 0 Å². The highest BCUT2D eigenvalue weighted by Crippen LogP contribution is 2.35. The average Bonchev–Trinajstić information content (AvgIpc) is 3.35. The Balaban J connectivity index is 1.32. The van der Waals surface area contributed by atoms with E-state index in [1.807, 2.05) is 84.9 Å². The van der Waals surface area contributed by atoms with Crippen LogP contribution in [0.2, 0.25) is 0 Å². The molecule has 2 N–H and O–H groups in total. The first kappa shape index (κ1) is 54.7. The van der Waals surface area contributed by atoms with Gasteiger partial charge in [0.15, 0.2) is 11.6 Å². The predicted molar refractivity (Wildman–Crippen MR) is 273 cm³/mol. The van der Waals surface area contributed by atoms with Gasteiger partial charge in [-0.1, -0.05) is 263 Å². The number of hydrogen-bond donors (Lipinski definition) is 2. The van der Waals surface area contributed by atoms with Gasteiger partial charge in [-0.15, -0.1) is 0 Å². The predicted octanol–water partition coefficient (Wildman–Crippen LogP) is 16.8. The van der Waals surface area contributed by atoms with Crippen LogP contribution in [0.15, 0.2) is 109 Å². The lowest BCUT2D eigenvalue weighted by molar-refractivity contribution is -0.138. The number of carbonyl (C=O) groups is 4. The molecule has 0 bridgehead atoms. The van der Waals surface area contributed by atoms with Gasteiger partial charge in [0.1, 0.15) is 0 Å². The molecule has 0 heterocycles. The van der Waals surface area contributed by atoms with Crippen molar-refractivity contribution in [2.45, 2.75) is 205 Å². The monoisotopic (exact) mass is 915 g/mol. The third kappa shape index (κ3) is 23.6. The maximum atomic E-state index is 13.3. The molecule has 7 heteroatoms. The van der Waals surface area contributed by atoms with Crippen molar-refractivity contribution in [2.24, 2.45) is 0 Å². The van der Waals surface area contributed by atoms with E-state index in [-0.39, 0.29) is 23.8 Å². The standard InChI is InChI=1S/C60H82O7/c61-57(62)39-31-21-17-13-9-5-1-3-7-11-15-19-29-37-55(49-41-45-53(46-42-49)59(65)51-33-25-23-26-34-51)67-56(50-43-47-54(48-44-50)60(66)52-35-27-24-28-36-52)38-30-20-16-12-8-4-2-6-10-14-18-22-32-40-58(63)64/h23-28,33-36,41-48,55-56H,1-22,29-32,37-40H2,(H,61,62)(H,63,64). The number of carbonyl (C=O) groups excluding carboxylic acids is 2. The van der Waals surface area contributed by atoms with Crippen molar-refractivity contribution in [3.8, 4) is 0 Å². The fraction of sp³-hybridized carbons (Fsp3) is 0.533. The van der Waals surface area contributed by atoms with Crippen molar-refractivity contribution in [2.75, 3.05) is 0 Å². The molecule has 2 atom stereocenters. The largest absolute Gasteiger partial charge is 0.481 e. The second-order valence-corrected chi connectivity index (χ2v) is 18.8. The Hall–Kier alpha value is -4.88. The molecule has 0 aliphatic rings. The quantitative estimate of drug-likeness (QED) is 0.0337. The lowest BCUT2D eigenvalue weighted by Gasteiger charge is -2.26. The maximum Gasteiger partial charge on any atom is 0.303 e. The van der Waals surface area contributed by atoms with Crippen LogP contribution in [0.3, 0.4) is 0 Å². The zero-order chi connectivity index (χ0) is 47.6. The number of ketones is 2. The second kappa shape index (κ2) is 34.4. The molecule has 0 saturated carbocycles. The lowest BCUT2D eigenvalue weighted by atomic mass is 9.96. The Bertz CT molecular complexity index is 1780. The molecule has 0 saturated heterocycles. The first-order chi connectivity index (χ1) is 32.8. The maximum absolute atomic E-state index is 13.3. The number of benzene rings is 4. The van der Waals surface area contributed by atoms with E-state index in [2.05, 4.69) is 24.3 Å². The summed E-state index contributed by atoms with van der Waals surface area (Å²) in [5.74, 6) is -1.35. The zero-order valence-corrected chi connectivity index (χ0v) is 40.7. The van der Waals surface area contributed by atoms with E-state index >= 15 is 0 Å². The van der Waals surface area contributed by atoms with Gasteiger partial charge in [-0.3, -0.25) is 19.2 Å². The molecule has 7 nitrogen and oxygen atoms in total. The third-order valence-corrected chi connectivity index (χ3v) is 13.2. The van der Waals surface area contributed by atoms with Crippen LogP contribution < -0.4 is 0 Å². The van der Waals surface area contributed by atoms with E-state index in [1.165, 1.54) is 103 Å². The summed E-state index contributed by atoms with van der Waals surface area (Å²) < 4.78 is 7.22. The average molecular weight is 915 g/mol. The van der Waals surface area contributed by atoms with Crippen LogP contribution in [-0.2, 0) is 14.3 Å². The number of rotatable bonds is 40. The number of hydrogen-bond acceptors (Lipinski definition) is 5. The van der Waals surface area contributed by atoms with E-state index in [4.69, 9.17) is 14.9 Å². The van der Waals surface area contributed by atoms with Crippen molar-refractivity contribution in [1.29, 1.82) is 0 Å². The fourth-order valence-corrected chi connectivity index (χ4v) is 9.14. The van der Waals surface area contributed by atoms with Gasteiger partial charge < -0.3 is 14.9 Å². The number of unbranched alkanes of at least 4 members (excludes halogenated alkanes) is 24. The molecule has 67 heavy (non-hydrogen) atoms. The van der Waals surface area contributed by atoms with Crippen molar-refractivity contribution in [1.82, 2.24) is 0 Å². The summed E-state index contributed by atoms with van der Waals surface area (Å²) in [6, 6.07) is 35.0. The van der Waals surface area contributed by atoms with Crippen LogP contribution >= 0.6 is 0 Å². The van der Waals surface area contributed by atoms with Gasteiger partial charge in [0.05, 0.1) is 12.2 Å². The highest BCUT2D eigenvalue weighted by Gasteiger charge is 2.22. The summed E-state index contributed by atoms with van der Waals surface area (Å²) in [4.78, 5) is 48.1. The van der Waals surface area contributed by atoms with Crippen molar-refractivity contribution in [3.05, 3.63) is 143 Å². The summed E-state index contributed by atoms with van der Waals surface area (Å²) >= 11 is 0. The van der Waals surface area contributed by atoms with Crippen LogP contribution in [0.1, 0.15) is 248 Å². The number of carboxylic acid groups (broad SMARTS) is 2. The van der Waals surface area contributed by atoms with Crippen LogP contribution in [-0.4, -0.2) is 33.7 Å². The lowest BCUT2D eigenvalue weighted by Crippen LogP contribution is -2.12. The van der Waals surface area contributed by atoms with Gasteiger partial charge in [0.25, 0.3) is 0 Å². The highest BCUT2D eigenvalue weighted by atomic mass is 16.5. The Labute approximate surface area is 403 Å². The second-order valence-electron chi connectivity index (χ2n) is 18.8. The minimum absolute atomic E-state index is 0.0161. The van der Waals surface area contributed by atoms with Gasteiger partial charge in [-0.2, -0.15) is 0 Å². The van der Waals surface area contributed by atoms with Crippen LogP contribution in [0, 0.1) is 0 Å². The van der Waals surface area contributed by atoms with Crippen LogP contribution in [0.5, 0.6) is 0 Å². The van der Waals surface area contributed by atoms with E-state index in [1.54, 1.807) is 0 Å². The van der Waals surface area contributed by atoms with Crippen molar-refractivity contribution >= 4 is 23.5 Å². The van der Waals surface area contributed by atoms with Gasteiger partial charge in [0, 0.05) is 35.1 Å². The first-order valence-electron chi connectivity index (χ1n) is 26.3. The van der Waals surface area contributed by atoms with E-state index in [0.717, 1.165) is 88.2 Å². The molecule has 0 aliphatic heterocycles. The van der Waals surface area contributed by atoms with Gasteiger partial charge >= 0.3 is 11.9 Å². The SMILES string of the molecule is O=C(O)CCCCCCCCCCCCCCCC(OC(CCCCCCCCCCCCCCCC(=O)O)c1ccc(C(=O)c2ccccc2)cc1)c1ccc(C(=O)c2ccccc2)cc1. The topological polar surface area (TPSA) is 118 Å². The first-order valence-corrected chi connectivity index (χ1v) is 26.3. The van der Waals surface area contributed by atoms with Crippen LogP contribution in [0.4, 0.5) is 0 Å². The molecule has 2 unspecified atom stereocenters. The van der Waals surface area contributed by atoms with E-state index in [9.17, 15) is 19.2 Å². The summed E-state index contributed by atoms with van der Waals surface area (Å²) in [6.07, 6.45) is 32.4. The Morgan fingerprint density at radius 3 is 0.821 bits per heavy atom. The molecule has 4 aromatic carbocycles. The van der Waals surface area contributed by atoms with E-state index in [0.29, 0.717) is 35.1 Å². The summed E-state index contributed by atoms with van der Waals surface area (Å²) in [7, 11) is 0. The minimum atomic E-state index is -0.690. The Morgan fingerprint density at radius 1 is 0.313 bits per heavy atom. The number of aliphatic carboxylic acids is 2. The molecule has 0 spiro atoms. The fourth-order valence-electron chi connectivity index (χ4n) is 9.14. The molecule has 0 fully saturated rings. The molecule has 0 aliphatic carbocycles.